The second-order valence-electron chi connectivity index (χ2n) is 9.50. The van der Waals surface area contributed by atoms with Crippen LogP contribution >= 0.6 is 0 Å². The van der Waals surface area contributed by atoms with E-state index in [1.807, 2.05) is 30.5 Å². The van der Waals surface area contributed by atoms with Gasteiger partial charge in [0.15, 0.2) is 0 Å². The second kappa shape index (κ2) is 8.76. The Bertz CT molecular complexity index is 765. The molecule has 1 aromatic carbocycles. The molecule has 0 fully saturated rings. The minimum Gasteiger partial charge on any atom is -0.507 e. The van der Waals surface area contributed by atoms with Crippen LogP contribution in [0.1, 0.15) is 70.2 Å². The van der Waals surface area contributed by atoms with Gasteiger partial charge in [0, 0.05) is 25.4 Å². The molecular weight excluding hydrogens is 348 g/mol. The molecule has 4 nitrogen and oxygen atoms in total. The molecule has 0 spiro atoms. The normalized spacial score (nSPS) is 12.1. The molecule has 0 bridgehead atoms. The molecule has 0 atom stereocenters. The number of nitrogens with zero attached hydrogens (tertiary/aromatic N) is 1. The molecule has 0 aliphatic rings. The van der Waals surface area contributed by atoms with Crippen LogP contribution in [-0.4, -0.2) is 22.5 Å². The SMILES string of the molecule is CC(C)(C)c1cc(CCC(=O)NCCc2cccnc2)cc(C(C)(C)C)c1O. The molecule has 2 N–H and O–H groups in total. The van der Waals surface area contributed by atoms with Crippen LogP contribution in [0, 0.1) is 0 Å². The summed E-state index contributed by atoms with van der Waals surface area (Å²) in [6.45, 7) is 13.2. The number of carbonyl (C=O) groups is 1. The van der Waals surface area contributed by atoms with Crippen LogP contribution in [0.4, 0.5) is 0 Å². The first-order chi connectivity index (χ1) is 13.0. The molecule has 1 heterocycles. The Labute approximate surface area is 169 Å². The average Bonchev–Trinajstić information content (AvgIpc) is 2.59. The van der Waals surface area contributed by atoms with Crippen LogP contribution in [-0.2, 0) is 28.5 Å². The van der Waals surface area contributed by atoms with Crippen LogP contribution in [0.15, 0.2) is 36.7 Å². The Hall–Kier alpha value is -2.36. The third-order valence-electron chi connectivity index (χ3n) is 4.89. The first kappa shape index (κ1) is 21.9. The molecule has 1 amide bonds. The fourth-order valence-corrected chi connectivity index (χ4v) is 3.22. The number of aromatic nitrogens is 1. The van der Waals surface area contributed by atoms with E-state index in [2.05, 4.69) is 51.8 Å². The van der Waals surface area contributed by atoms with Crippen molar-refractivity contribution in [2.45, 2.75) is 71.6 Å². The molecule has 0 aliphatic carbocycles. The average molecular weight is 383 g/mol. The maximum absolute atomic E-state index is 12.3. The first-order valence-corrected chi connectivity index (χ1v) is 10.0. The van der Waals surface area contributed by atoms with Gasteiger partial charge < -0.3 is 10.4 Å². The topological polar surface area (TPSA) is 62.2 Å². The number of pyridine rings is 1. The maximum Gasteiger partial charge on any atom is 0.220 e. The third-order valence-corrected chi connectivity index (χ3v) is 4.89. The van der Waals surface area contributed by atoms with Crippen molar-refractivity contribution in [3.63, 3.8) is 0 Å². The summed E-state index contributed by atoms with van der Waals surface area (Å²) >= 11 is 0. The van der Waals surface area contributed by atoms with Crippen LogP contribution in [0.3, 0.4) is 0 Å². The summed E-state index contributed by atoms with van der Waals surface area (Å²) in [6.07, 6.45) is 5.44. The van der Waals surface area contributed by atoms with E-state index in [9.17, 15) is 9.90 Å². The van der Waals surface area contributed by atoms with Crippen molar-refractivity contribution in [1.82, 2.24) is 10.3 Å². The summed E-state index contributed by atoms with van der Waals surface area (Å²) < 4.78 is 0. The summed E-state index contributed by atoms with van der Waals surface area (Å²) in [6, 6.07) is 8.01. The lowest BCUT2D eigenvalue weighted by atomic mass is 9.78. The minimum absolute atomic E-state index is 0.0478. The van der Waals surface area contributed by atoms with E-state index >= 15 is 0 Å². The number of nitrogens with one attached hydrogen (secondary N) is 1. The summed E-state index contributed by atoms with van der Waals surface area (Å²) in [4.78, 5) is 16.3. The zero-order chi connectivity index (χ0) is 20.9. The molecule has 2 rings (SSSR count). The monoisotopic (exact) mass is 382 g/mol. The summed E-state index contributed by atoms with van der Waals surface area (Å²) in [5.74, 6) is 0.427. The number of hydrogen-bond acceptors (Lipinski definition) is 3. The van der Waals surface area contributed by atoms with E-state index in [1.165, 1.54) is 0 Å². The Kier molecular flexibility index (Phi) is 6.87. The van der Waals surface area contributed by atoms with Crippen molar-refractivity contribution in [2.24, 2.45) is 0 Å². The fraction of sp³-hybridized carbons (Fsp3) is 0.500. The van der Waals surface area contributed by atoms with E-state index < -0.39 is 0 Å². The molecular formula is C24H34N2O2. The van der Waals surface area contributed by atoms with E-state index in [0.29, 0.717) is 25.1 Å². The van der Waals surface area contributed by atoms with Gasteiger partial charge in [0.05, 0.1) is 0 Å². The van der Waals surface area contributed by atoms with Crippen molar-refractivity contribution < 1.29 is 9.90 Å². The number of aryl methyl sites for hydroxylation is 1. The van der Waals surface area contributed by atoms with Gasteiger partial charge in [-0.05, 0) is 52.0 Å². The first-order valence-electron chi connectivity index (χ1n) is 10.0. The Morgan fingerprint density at radius 3 is 2.11 bits per heavy atom. The van der Waals surface area contributed by atoms with Gasteiger partial charge >= 0.3 is 0 Å². The lowest BCUT2D eigenvalue weighted by molar-refractivity contribution is -0.121. The van der Waals surface area contributed by atoms with Crippen LogP contribution in [0.5, 0.6) is 5.75 Å². The molecule has 0 aliphatic heterocycles. The largest absolute Gasteiger partial charge is 0.507 e. The van der Waals surface area contributed by atoms with E-state index in [0.717, 1.165) is 28.7 Å². The van der Waals surface area contributed by atoms with Crippen molar-refractivity contribution >= 4 is 5.91 Å². The molecule has 2 aromatic rings. The molecule has 4 heteroatoms. The number of carbonyl (C=O) groups excluding carboxylic acids is 1. The highest BCUT2D eigenvalue weighted by Crippen LogP contribution is 2.39. The Morgan fingerprint density at radius 1 is 1.00 bits per heavy atom. The molecule has 0 saturated heterocycles. The lowest BCUT2D eigenvalue weighted by Gasteiger charge is -2.28. The van der Waals surface area contributed by atoms with Gasteiger partial charge in [0.25, 0.3) is 0 Å². The van der Waals surface area contributed by atoms with Gasteiger partial charge in [0.2, 0.25) is 5.91 Å². The van der Waals surface area contributed by atoms with Gasteiger partial charge in [-0.1, -0.05) is 59.7 Å². The minimum atomic E-state index is -0.161. The van der Waals surface area contributed by atoms with Gasteiger partial charge in [-0.3, -0.25) is 9.78 Å². The van der Waals surface area contributed by atoms with Gasteiger partial charge in [0.1, 0.15) is 5.75 Å². The highest BCUT2D eigenvalue weighted by Gasteiger charge is 2.26. The Balaban J connectivity index is 2.03. The van der Waals surface area contributed by atoms with Crippen LogP contribution in [0.25, 0.3) is 0 Å². The van der Waals surface area contributed by atoms with Crippen molar-refractivity contribution in [2.75, 3.05) is 6.54 Å². The zero-order valence-corrected chi connectivity index (χ0v) is 18.1. The molecule has 152 valence electrons. The number of phenols is 1. The van der Waals surface area contributed by atoms with Gasteiger partial charge in [-0.25, -0.2) is 0 Å². The molecule has 0 saturated carbocycles. The maximum atomic E-state index is 12.3. The number of hydrogen-bond donors (Lipinski definition) is 2. The molecule has 1 aromatic heterocycles. The van der Waals surface area contributed by atoms with Crippen LogP contribution < -0.4 is 5.32 Å². The Morgan fingerprint density at radius 2 is 1.61 bits per heavy atom. The van der Waals surface area contributed by atoms with Crippen molar-refractivity contribution in [3.05, 3.63) is 58.9 Å². The standard InChI is InChI=1S/C24H34N2O2/c1-23(2,3)19-14-18(15-20(22(19)28)24(4,5)6)9-10-21(27)26-13-11-17-8-7-12-25-16-17/h7-8,12,14-16,28H,9-11,13H2,1-6H3,(H,26,27). The number of amides is 1. The number of phenolic OH excluding ortho intramolecular Hbond substituents is 1. The van der Waals surface area contributed by atoms with Crippen molar-refractivity contribution in [3.8, 4) is 5.75 Å². The van der Waals surface area contributed by atoms with Crippen LogP contribution in [0.2, 0.25) is 0 Å². The predicted molar refractivity (Wildman–Crippen MR) is 115 cm³/mol. The summed E-state index contributed by atoms with van der Waals surface area (Å²) in [5, 5.41) is 13.8. The van der Waals surface area contributed by atoms with E-state index in [1.54, 1.807) is 6.20 Å². The van der Waals surface area contributed by atoms with Gasteiger partial charge in [-0.2, -0.15) is 0 Å². The van der Waals surface area contributed by atoms with E-state index in [-0.39, 0.29) is 16.7 Å². The zero-order valence-electron chi connectivity index (χ0n) is 18.1. The third kappa shape index (κ3) is 6.08. The summed E-state index contributed by atoms with van der Waals surface area (Å²) in [7, 11) is 0. The van der Waals surface area contributed by atoms with E-state index in [4.69, 9.17) is 0 Å². The fourth-order valence-electron chi connectivity index (χ4n) is 3.22. The highest BCUT2D eigenvalue weighted by atomic mass is 16.3. The lowest BCUT2D eigenvalue weighted by Crippen LogP contribution is -2.26. The number of rotatable bonds is 6. The quantitative estimate of drug-likeness (QED) is 0.763. The predicted octanol–water partition coefficient (Wildman–Crippen LogP) is 4.67. The number of benzene rings is 1. The molecule has 0 unspecified atom stereocenters. The van der Waals surface area contributed by atoms with Crippen molar-refractivity contribution in [1.29, 1.82) is 0 Å². The smallest absolute Gasteiger partial charge is 0.220 e. The highest BCUT2D eigenvalue weighted by molar-refractivity contribution is 5.76. The summed E-state index contributed by atoms with van der Waals surface area (Å²) in [5.41, 5.74) is 3.76. The second-order valence-corrected chi connectivity index (χ2v) is 9.50. The molecule has 28 heavy (non-hydrogen) atoms. The van der Waals surface area contributed by atoms with Gasteiger partial charge in [-0.15, -0.1) is 0 Å². The molecule has 0 radical (unpaired) electrons. The number of aromatic hydroxyl groups is 1.